The van der Waals surface area contributed by atoms with Crippen LogP contribution in [0.5, 0.6) is 0 Å². The lowest BCUT2D eigenvalue weighted by Crippen LogP contribution is -2.35. The number of ether oxygens (including phenoxy) is 1. The molecule has 6 nitrogen and oxygen atoms in total. The molecule has 4 rings (SSSR count). The molecule has 1 fully saturated rings. The summed E-state index contributed by atoms with van der Waals surface area (Å²) in [4.78, 5) is 13.4. The van der Waals surface area contributed by atoms with Crippen LogP contribution < -0.4 is 5.32 Å². The molecule has 10 heteroatoms. The van der Waals surface area contributed by atoms with Crippen molar-refractivity contribution in [2.45, 2.75) is 41.5 Å². The minimum atomic E-state index is -3.99. The normalized spacial score (nSPS) is 15.8. The van der Waals surface area contributed by atoms with Crippen molar-refractivity contribution in [3.8, 4) is 0 Å². The van der Waals surface area contributed by atoms with Gasteiger partial charge in [-0.2, -0.15) is 0 Å². The van der Waals surface area contributed by atoms with Crippen LogP contribution >= 0.6 is 0 Å². The molecule has 0 aliphatic carbocycles. The number of nitrogens with zero attached hydrogens (tertiary/aromatic N) is 1. The van der Waals surface area contributed by atoms with Gasteiger partial charge in [-0.25, -0.2) is 26.4 Å². The third-order valence-corrected chi connectivity index (χ3v) is 8.59. The van der Waals surface area contributed by atoms with E-state index in [1.165, 1.54) is 31.4 Å². The standard InChI is InChI=1S/C27H27F3N2O4S/c1-17(18-3-6-21(7-4-18)37(34,35)22-8-10-25(29)26(30)16-22)32-13-11-19(12-14-32)23-15-20(5-9-24(23)28)31-27(33)36-2/h3-10,15-17,19H,11-14H2,1-2H3,(H,31,33). The number of rotatable bonds is 6. The highest BCUT2D eigenvalue weighted by Crippen LogP contribution is 2.35. The van der Waals surface area contributed by atoms with Gasteiger partial charge in [-0.3, -0.25) is 10.2 Å². The number of hydrogen-bond acceptors (Lipinski definition) is 5. The number of piperidine rings is 1. The first-order valence-corrected chi connectivity index (χ1v) is 13.3. The quantitative estimate of drug-likeness (QED) is 0.391. The molecular weight excluding hydrogens is 505 g/mol. The summed E-state index contributed by atoms with van der Waals surface area (Å²) in [7, 11) is -2.73. The molecule has 3 aromatic carbocycles. The predicted octanol–water partition coefficient (Wildman–Crippen LogP) is 6.06. The Morgan fingerprint density at radius 1 is 0.919 bits per heavy atom. The summed E-state index contributed by atoms with van der Waals surface area (Å²) < 4.78 is 71.5. The highest BCUT2D eigenvalue weighted by molar-refractivity contribution is 7.91. The first-order chi connectivity index (χ1) is 17.6. The maximum Gasteiger partial charge on any atom is 0.411 e. The monoisotopic (exact) mass is 532 g/mol. The van der Waals surface area contributed by atoms with Crippen molar-refractivity contribution in [2.24, 2.45) is 0 Å². The van der Waals surface area contributed by atoms with Crippen molar-refractivity contribution in [1.29, 1.82) is 0 Å². The van der Waals surface area contributed by atoms with Gasteiger partial charge < -0.3 is 4.74 Å². The van der Waals surface area contributed by atoms with Gasteiger partial charge in [0.2, 0.25) is 9.84 Å². The lowest BCUT2D eigenvalue weighted by atomic mass is 9.88. The number of methoxy groups -OCH3 is 1. The maximum atomic E-state index is 14.5. The van der Waals surface area contributed by atoms with Crippen molar-refractivity contribution in [3.05, 3.63) is 89.2 Å². The number of anilines is 1. The van der Waals surface area contributed by atoms with E-state index in [-0.39, 0.29) is 27.6 Å². The fourth-order valence-electron chi connectivity index (χ4n) is 4.62. The van der Waals surface area contributed by atoms with E-state index in [1.54, 1.807) is 18.2 Å². The zero-order chi connectivity index (χ0) is 26.7. The lowest BCUT2D eigenvalue weighted by molar-refractivity contribution is 0.161. The summed E-state index contributed by atoms with van der Waals surface area (Å²) in [5, 5.41) is 2.56. The zero-order valence-corrected chi connectivity index (χ0v) is 21.2. The van der Waals surface area contributed by atoms with Crippen molar-refractivity contribution >= 4 is 21.6 Å². The van der Waals surface area contributed by atoms with Gasteiger partial charge in [-0.15, -0.1) is 0 Å². The van der Waals surface area contributed by atoms with E-state index in [0.717, 1.165) is 17.7 Å². The fraction of sp³-hybridized carbons (Fsp3) is 0.296. The Kier molecular flexibility index (Phi) is 7.89. The first-order valence-electron chi connectivity index (χ1n) is 11.8. The minimum Gasteiger partial charge on any atom is -0.453 e. The van der Waals surface area contributed by atoms with E-state index in [9.17, 15) is 26.4 Å². The second-order valence-electron chi connectivity index (χ2n) is 8.99. The number of sulfone groups is 1. The first kappa shape index (κ1) is 26.7. The van der Waals surface area contributed by atoms with Gasteiger partial charge in [-0.05, 0) is 98.4 Å². The molecule has 0 spiro atoms. The fourth-order valence-corrected chi connectivity index (χ4v) is 5.89. The third kappa shape index (κ3) is 5.80. The second kappa shape index (κ2) is 10.9. The zero-order valence-electron chi connectivity index (χ0n) is 20.4. The van der Waals surface area contributed by atoms with Crippen LogP contribution in [0.25, 0.3) is 0 Å². The van der Waals surface area contributed by atoms with Gasteiger partial charge in [0.05, 0.1) is 16.9 Å². The van der Waals surface area contributed by atoms with E-state index in [0.29, 0.717) is 43.2 Å². The van der Waals surface area contributed by atoms with Crippen LogP contribution in [0.15, 0.2) is 70.5 Å². The number of benzene rings is 3. The van der Waals surface area contributed by atoms with Crippen LogP contribution in [0, 0.1) is 17.5 Å². The molecule has 37 heavy (non-hydrogen) atoms. The van der Waals surface area contributed by atoms with Gasteiger partial charge in [0.25, 0.3) is 0 Å². The average Bonchev–Trinajstić information content (AvgIpc) is 2.91. The number of nitrogens with one attached hydrogen (secondary N) is 1. The molecule has 3 aromatic rings. The van der Waals surface area contributed by atoms with E-state index < -0.39 is 27.6 Å². The lowest BCUT2D eigenvalue weighted by Gasteiger charge is -2.36. The molecule has 0 aromatic heterocycles. The molecule has 1 aliphatic heterocycles. The van der Waals surface area contributed by atoms with E-state index in [4.69, 9.17) is 0 Å². The molecule has 1 atom stereocenters. The van der Waals surface area contributed by atoms with E-state index in [2.05, 4.69) is 15.0 Å². The molecule has 196 valence electrons. The van der Waals surface area contributed by atoms with Gasteiger partial charge in [-0.1, -0.05) is 12.1 Å². The van der Waals surface area contributed by atoms with Crippen molar-refractivity contribution < 1.29 is 31.1 Å². The van der Waals surface area contributed by atoms with Crippen molar-refractivity contribution in [3.63, 3.8) is 0 Å². The molecule has 0 radical (unpaired) electrons. The highest BCUT2D eigenvalue weighted by Gasteiger charge is 2.27. The number of amides is 1. The second-order valence-corrected chi connectivity index (χ2v) is 10.9. The topological polar surface area (TPSA) is 75.7 Å². The Labute approximate surface area is 214 Å². The molecule has 0 saturated carbocycles. The van der Waals surface area contributed by atoms with Crippen LogP contribution in [0.2, 0.25) is 0 Å². The largest absolute Gasteiger partial charge is 0.453 e. The predicted molar refractivity (Wildman–Crippen MR) is 133 cm³/mol. The van der Waals surface area contributed by atoms with Crippen LogP contribution in [0.3, 0.4) is 0 Å². The summed E-state index contributed by atoms with van der Waals surface area (Å²) in [6.07, 6.45) is 0.807. The van der Waals surface area contributed by atoms with Crippen LogP contribution in [-0.2, 0) is 14.6 Å². The molecule has 1 amide bonds. The Morgan fingerprint density at radius 3 is 2.16 bits per heavy atom. The van der Waals surface area contributed by atoms with Crippen LogP contribution in [0.4, 0.5) is 23.7 Å². The average molecular weight is 533 g/mol. The highest BCUT2D eigenvalue weighted by atomic mass is 32.2. The molecule has 1 saturated heterocycles. The molecule has 1 aliphatic rings. The van der Waals surface area contributed by atoms with E-state index >= 15 is 0 Å². The van der Waals surface area contributed by atoms with Gasteiger partial charge >= 0.3 is 6.09 Å². The Balaban J connectivity index is 1.42. The van der Waals surface area contributed by atoms with Crippen LogP contribution in [-0.4, -0.2) is 39.6 Å². The maximum absolute atomic E-state index is 14.5. The summed E-state index contributed by atoms with van der Waals surface area (Å²) in [6, 6.07) is 13.3. The smallest absolute Gasteiger partial charge is 0.411 e. The number of likely N-dealkylation sites (tertiary alicyclic amines) is 1. The number of carbonyl (C=O) groups excluding carboxylic acids is 1. The molecule has 0 bridgehead atoms. The third-order valence-electron chi connectivity index (χ3n) is 6.82. The summed E-state index contributed by atoms with van der Waals surface area (Å²) in [5.41, 5.74) is 1.92. The van der Waals surface area contributed by atoms with Crippen LogP contribution in [0.1, 0.15) is 42.9 Å². The minimum absolute atomic E-state index is 0.00790. The van der Waals surface area contributed by atoms with Gasteiger partial charge in [0.1, 0.15) is 5.82 Å². The van der Waals surface area contributed by atoms with Crippen molar-refractivity contribution in [1.82, 2.24) is 4.90 Å². The summed E-state index contributed by atoms with van der Waals surface area (Å²) in [6.45, 7) is 3.42. The number of hydrogen-bond donors (Lipinski definition) is 1. The van der Waals surface area contributed by atoms with Gasteiger partial charge in [0, 0.05) is 11.7 Å². The number of carbonyl (C=O) groups is 1. The Morgan fingerprint density at radius 2 is 1.54 bits per heavy atom. The Hall–Kier alpha value is -3.37. The van der Waals surface area contributed by atoms with E-state index in [1.807, 2.05) is 6.92 Å². The Bertz CT molecular complexity index is 1390. The van der Waals surface area contributed by atoms with Gasteiger partial charge in [0.15, 0.2) is 11.6 Å². The number of halogens is 3. The molecular formula is C27H27F3N2O4S. The molecule has 1 N–H and O–H groups in total. The molecule has 1 unspecified atom stereocenters. The SMILES string of the molecule is COC(=O)Nc1ccc(F)c(C2CCN(C(C)c3ccc(S(=O)(=O)c4ccc(F)c(F)c4)cc3)CC2)c1. The molecule has 1 heterocycles. The summed E-state index contributed by atoms with van der Waals surface area (Å²) >= 11 is 0. The van der Waals surface area contributed by atoms with Crippen molar-refractivity contribution in [2.75, 3.05) is 25.5 Å². The summed E-state index contributed by atoms with van der Waals surface area (Å²) in [5.74, 6) is -2.66.